The summed E-state index contributed by atoms with van der Waals surface area (Å²) < 4.78 is 0. The van der Waals surface area contributed by atoms with Crippen molar-refractivity contribution < 1.29 is 0 Å². The number of hydrogen-bond donors (Lipinski definition) is 0. The number of rotatable bonds is 4. The topological polar surface area (TPSA) is 0 Å². The summed E-state index contributed by atoms with van der Waals surface area (Å²) in [4.78, 5) is 0. The number of halogens is 2. The highest BCUT2D eigenvalue weighted by Crippen LogP contribution is 2.53. The van der Waals surface area contributed by atoms with E-state index < -0.39 is 6.69 Å². The highest BCUT2D eigenvalue weighted by atomic mass is 35.7. The van der Waals surface area contributed by atoms with Crippen LogP contribution < -0.4 is 0 Å². The van der Waals surface area contributed by atoms with Gasteiger partial charge in [0.2, 0.25) is 0 Å². The summed E-state index contributed by atoms with van der Waals surface area (Å²) in [6.45, 7) is -3.04. The first kappa shape index (κ1) is 20.7. The zero-order valence-electron chi connectivity index (χ0n) is 18.0. The van der Waals surface area contributed by atoms with Crippen LogP contribution in [0, 0.1) is 0 Å². The first-order valence-electron chi connectivity index (χ1n) is 11.3. The molecule has 0 amide bonds. The van der Waals surface area contributed by atoms with Gasteiger partial charge in [0.1, 0.15) is 0 Å². The Morgan fingerprint density at radius 3 is 2.09 bits per heavy atom. The lowest BCUT2D eigenvalue weighted by molar-refractivity contribution is 1.02. The highest BCUT2D eigenvalue weighted by Gasteiger charge is 2.47. The minimum absolute atomic E-state index is 0.0808. The molecule has 0 saturated heterocycles. The molecule has 1 atom stereocenters. The fraction of sp³-hybridized carbons (Fsp3) is 0.0667. The lowest BCUT2D eigenvalue weighted by atomic mass is 9.93. The van der Waals surface area contributed by atoms with Gasteiger partial charge in [-0.2, -0.15) is 0 Å². The zero-order chi connectivity index (χ0) is 22.4. The second-order valence-corrected chi connectivity index (χ2v) is 15.0. The molecule has 4 aromatic carbocycles. The molecule has 4 aromatic rings. The van der Waals surface area contributed by atoms with Gasteiger partial charge in [0.25, 0.3) is 0 Å². The van der Waals surface area contributed by atoms with Crippen molar-refractivity contribution >= 4 is 40.5 Å². The predicted molar refractivity (Wildman–Crippen MR) is 143 cm³/mol. The summed E-state index contributed by atoms with van der Waals surface area (Å²) in [7, 11) is 0. The van der Waals surface area contributed by atoms with Crippen molar-refractivity contribution in [3.8, 4) is 0 Å². The Morgan fingerprint density at radius 1 is 0.667 bits per heavy atom. The van der Waals surface area contributed by atoms with Gasteiger partial charge in [-0.05, 0) is 55.8 Å². The number of allylic oxidation sites excluding steroid dienone is 2. The van der Waals surface area contributed by atoms with E-state index in [9.17, 15) is 0 Å². The molecule has 0 radical (unpaired) electrons. The van der Waals surface area contributed by atoms with E-state index in [2.05, 4.69) is 115 Å². The third kappa shape index (κ3) is 3.43. The van der Waals surface area contributed by atoms with Gasteiger partial charge in [0, 0.05) is 5.92 Å². The standard InChI is InChI=1S/C30H22Cl2Si/c31-33(32,27-19-23-15-7-9-17-25(23)29(27)21-11-3-1-4-12-21)28-20-24-16-8-10-18-26(24)30(28)22-13-5-2-6-14-22/h1-19,29H,20H2. The third-order valence-corrected chi connectivity index (χ3v) is 11.8. The molecule has 0 aliphatic heterocycles. The summed E-state index contributed by atoms with van der Waals surface area (Å²) in [6.07, 6.45) is 3.06. The maximum Gasteiger partial charge on any atom is 0.304 e. The van der Waals surface area contributed by atoms with Crippen LogP contribution in [0.15, 0.2) is 120 Å². The van der Waals surface area contributed by atoms with Gasteiger partial charge in [-0.3, -0.25) is 0 Å². The molecule has 3 heteroatoms. The van der Waals surface area contributed by atoms with Crippen LogP contribution in [0.4, 0.5) is 0 Å². The maximum atomic E-state index is 7.60. The predicted octanol–water partition coefficient (Wildman–Crippen LogP) is 8.27. The highest BCUT2D eigenvalue weighted by molar-refractivity contribution is 7.52. The zero-order valence-corrected chi connectivity index (χ0v) is 20.5. The van der Waals surface area contributed by atoms with Crippen LogP contribution in [0.25, 0.3) is 11.6 Å². The molecule has 0 fully saturated rings. The monoisotopic (exact) mass is 480 g/mol. The van der Waals surface area contributed by atoms with Gasteiger partial charge in [-0.15, -0.1) is 22.2 Å². The minimum atomic E-state index is -3.04. The Hall–Kier alpha value is -2.84. The van der Waals surface area contributed by atoms with E-state index in [1.54, 1.807) is 0 Å². The molecule has 2 aliphatic carbocycles. The van der Waals surface area contributed by atoms with E-state index >= 15 is 0 Å². The molecule has 0 saturated carbocycles. The van der Waals surface area contributed by atoms with Crippen LogP contribution in [0.5, 0.6) is 0 Å². The molecule has 0 N–H and O–H groups in total. The Bertz CT molecular complexity index is 1400. The van der Waals surface area contributed by atoms with E-state index in [0.717, 1.165) is 11.6 Å². The molecule has 0 bridgehead atoms. The molecule has 1 unspecified atom stereocenters. The van der Waals surface area contributed by atoms with Crippen LogP contribution >= 0.6 is 22.2 Å². The average Bonchev–Trinajstić information content (AvgIpc) is 3.45. The fourth-order valence-corrected chi connectivity index (χ4v) is 9.66. The van der Waals surface area contributed by atoms with E-state index in [1.807, 2.05) is 0 Å². The Kier molecular flexibility index (Phi) is 5.14. The summed E-state index contributed by atoms with van der Waals surface area (Å²) in [6, 6.07) is 38.4. The summed E-state index contributed by atoms with van der Waals surface area (Å²) in [5, 5.41) is 2.35. The van der Waals surface area contributed by atoms with Gasteiger partial charge in [-0.1, -0.05) is 115 Å². The van der Waals surface area contributed by atoms with Crippen molar-refractivity contribution in [2.75, 3.05) is 0 Å². The summed E-state index contributed by atoms with van der Waals surface area (Å²) in [5.74, 6) is 0.0808. The quantitative estimate of drug-likeness (QED) is 0.203. The van der Waals surface area contributed by atoms with Crippen LogP contribution in [0.3, 0.4) is 0 Å². The van der Waals surface area contributed by atoms with E-state index in [4.69, 9.17) is 22.2 Å². The van der Waals surface area contributed by atoms with E-state index in [1.165, 1.54) is 44.2 Å². The smallest absolute Gasteiger partial charge is 0.134 e. The minimum Gasteiger partial charge on any atom is -0.134 e. The Morgan fingerprint density at radius 2 is 1.30 bits per heavy atom. The van der Waals surface area contributed by atoms with Crippen molar-refractivity contribution in [3.63, 3.8) is 0 Å². The Balaban J connectivity index is 1.56. The maximum absolute atomic E-state index is 7.60. The van der Waals surface area contributed by atoms with Crippen LogP contribution in [-0.2, 0) is 6.42 Å². The fourth-order valence-electron chi connectivity index (χ4n) is 5.34. The molecule has 0 heterocycles. The van der Waals surface area contributed by atoms with Gasteiger partial charge < -0.3 is 0 Å². The molecule has 6 rings (SSSR count). The molecule has 2 aliphatic rings. The molecule has 33 heavy (non-hydrogen) atoms. The lowest BCUT2D eigenvalue weighted by Crippen LogP contribution is -2.30. The number of hydrogen-bond acceptors (Lipinski definition) is 0. The molecule has 0 spiro atoms. The third-order valence-electron chi connectivity index (χ3n) is 6.82. The number of benzene rings is 4. The largest absolute Gasteiger partial charge is 0.304 e. The average molecular weight is 481 g/mol. The lowest BCUT2D eigenvalue weighted by Gasteiger charge is -2.28. The normalized spacial score (nSPS) is 17.0. The molecule has 0 nitrogen and oxygen atoms in total. The first-order chi connectivity index (χ1) is 16.1. The van der Waals surface area contributed by atoms with Gasteiger partial charge in [-0.25, -0.2) is 0 Å². The summed E-state index contributed by atoms with van der Waals surface area (Å²) in [5.41, 5.74) is 8.70. The second-order valence-electron chi connectivity index (χ2n) is 8.70. The second kappa shape index (κ2) is 8.18. The van der Waals surface area contributed by atoms with Crippen LogP contribution in [0.2, 0.25) is 0 Å². The SMILES string of the molecule is Cl[Si](Cl)(C1=Cc2ccccc2C1c1ccccc1)C1=C(c2ccccc2)c2ccccc2C1. The summed E-state index contributed by atoms with van der Waals surface area (Å²) >= 11 is 15.2. The number of fused-ring (bicyclic) bond motifs is 2. The van der Waals surface area contributed by atoms with Crippen molar-refractivity contribution in [1.82, 2.24) is 0 Å². The molecule has 160 valence electrons. The van der Waals surface area contributed by atoms with Crippen molar-refractivity contribution in [2.24, 2.45) is 0 Å². The van der Waals surface area contributed by atoms with Gasteiger partial charge in [0.05, 0.1) is 0 Å². The van der Waals surface area contributed by atoms with Crippen molar-refractivity contribution in [3.05, 3.63) is 153 Å². The van der Waals surface area contributed by atoms with Crippen molar-refractivity contribution in [1.29, 1.82) is 0 Å². The first-order valence-corrected chi connectivity index (χ1v) is 15.3. The van der Waals surface area contributed by atoms with Gasteiger partial charge in [0.15, 0.2) is 0 Å². The molecule has 0 aromatic heterocycles. The molecular weight excluding hydrogens is 459 g/mol. The van der Waals surface area contributed by atoms with E-state index in [-0.39, 0.29) is 5.92 Å². The van der Waals surface area contributed by atoms with Crippen LogP contribution in [-0.4, -0.2) is 6.69 Å². The van der Waals surface area contributed by atoms with E-state index in [0.29, 0.717) is 0 Å². The Labute approximate surface area is 205 Å². The van der Waals surface area contributed by atoms with Crippen LogP contribution in [0.1, 0.15) is 39.3 Å². The van der Waals surface area contributed by atoms with Crippen molar-refractivity contribution in [2.45, 2.75) is 12.3 Å². The van der Waals surface area contributed by atoms with Gasteiger partial charge >= 0.3 is 6.69 Å². The molecular formula is C30H22Cl2Si.